The van der Waals surface area contributed by atoms with Crippen molar-refractivity contribution < 1.29 is 5.11 Å². The fourth-order valence-corrected chi connectivity index (χ4v) is 3.03. The Bertz CT molecular complexity index is 298. The molecular formula is C13H20O. The molecule has 0 heterocycles. The Kier molecular flexibility index (Phi) is 2.11. The van der Waals surface area contributed by atoms with E-state index in [2.05, 4.69) is 39.0 Å². The van der Waals surface area contributed by atoms with Gasteiger partial charge >= 0.3 is 0 Å². The van der Waals surface area contributed by atoms with Crippen molar-refractivity contribution in [1.29, 1.82) is 0 Å². The molecule has 0 radical (unpaired) electrons. The van der Waals surface area contributed by atoms with E-state index in [9.17, 15) is 5.11 Å². The summed E-state index contributed by atoms with van der Waals surface area (Å²) in [5.41, 5.74) is 1.70. The average molecular weight is 192 g/mol. The Morgan fingerprint density at radius 2 is 2.07 bits per heavy atom. The Morgan fingerprint density at radius 3 is 2.79 bits per heavy atom. The van der Waals surface area contributed by atoms with Gasteiger partial charge in [0.2, 0.25) is 0 Å². The zero-order valence-electron chi connectivity index (χ0n) is 9.38. The SMILES string of the molecule is CC12CC=CC=C1C(C)(C)C(O)CC2. The van der Waals surface area contributed by atoms with E-state index in [1.54, 1.807) is 0 Å². The summed E-state index contributed by atoms with van der Waals surface area (Å²) in [5.74, 6) is 0. The lowest BCUT2D eigenvalue weighted by Crippen LogP contribution is -2.44. The molecule has 0 aromatic carbocycles. The second-order valence-corrected chi connectivity index (χ2v) is 5.55. The third-order valence-corrected chi connectivity index (χ3v) is 4.11. The first kappa shape index (κ1) is 9.97. The molecule has 1 fully saturated rings. The lowest BCUT2D eigenvalue weighted by atomic mass is 9.57. The number of rotatable bonds is 0. The Morgan fingerprint density at radius 1 is 1.36 bits per heavy atom. The van der Waals surface area contributed by atoms with Crippen LogP contribution in [0.1, 0.15) is 40.0 Å². The first-order valence-electron chi connectivity index (χ1n) is 5.53. The molecule has 0 amide bonds. The molecule has 2 aliphatic carbocycles. The molecule has 0 aliphatic heterocycles. The van der Waals surface area contributed by atoms with Crippen molar-refractivity contribution in [2.24, 2.45) is 10.8 Å². The zero-order chi connectivity index (χ0) is 10.4. The summed E-state index contributed by atoms with van der Waals surface area (Å²) >= 11 is 0. The van der Waals surface area contributed by atoms with Gasteiger partial charge in [-0.25, -0.2) is 0 Å². The molecule has 2 atom stereocenters. The highest BCUT2D eigenvalue weighted by molar-refractivity contribution is 5.33. The van der Waals surface area contributed by atoms with Crippen molar-refractivity contribution in [2.45, 2.75) is 46.1 Å². The maximum absolute atomic E-state index is 10.0. The molecule has 1 nitrogen and oxygen atoms in total. The maximum atomic E-state index is 10.0. The number of allylic oxidation sites excluding steroid dienone is 3. The van der Waals surface area contributed by atoms with Gasteiger partial charge in [-0.3, -0.25) is 0 Å². The van der Waals surface area contributed by atoms with Crippen LogP contribution >= 0.6 is 0 Å². The third kappa shape index (κ3) is 1.26. The highest BCUT2D eigenvalue weighted by Gasteiger charge is 2.46. The minimum atomic E-state index is -0.173. The molecule has 14 heavy (non-hydrogen) atoms. The Hall–Kier alpha value is -0.560. The monoisotopic (exact) mass is 192 g/mol. The van der Waals surface area contributed by atoms with Gasteiger partial charge in [-0.1, -0.05) is 44.6 Å². The van der Waals surface area contributed by atoms with Crippen molar-refractivity contribution in [1.82, 2.24) is 0 Å². The average Bonchev–Trinajstić information content (AvgIpc) is 2.13. The van der Waals surface area contributed by atoms with Gasteiger partial charge in [0, 0.05) is 5.41 Å². The predicted molar refractivity (Wildman–Crippen MR) is 59.0 cm³/mol. The van der Waals surface area contributed by atoms with Gasteiger partial charge < -0.3 is 5.11 Å². The van der Waals surface area contributed by atoms with Crippen molar-refractivity contribution >= 4 is 0 Å². The minimum Gasteiger partial charge on any atom is -0.392 e. The van der Waals surface area contributed by atoms with Crippen LogP contribution < -0.4 is 0 Å². The summed E-state index contributed by atoms with van der Waals surface area (Å²) in [6.07, 6.45) is 9.62. The summed E-state index contributed by atoms with van der Waals surface area (Å²) in [5, 5.41) is 10.0. The van der Waals surface area contributed by atoms with Gasteiger partial charge in [0.25, 0.3) is 0 Å². The first-order valence-corrected chi connectivity index (χ1v) is 5.53. The fraction of sp³-hybridized carbons (Fsp3) is 0.692. The highest BCUT2D eigenvalue weighted by Crippen LogP contribution is 2.53. The van der Waals surface area contributed by atoms with Crippen LogP contribution in [0.5, 0.6) is 0 Å². The molecule has 0 aromatic heterocycles. The summed E-state index contributed by atoms with van der Waals surface area (Å²) in [6, 6.07) is 0. The van der Waals surface area contributed by atoms with Gasteiger partial charge in [0.1, 0.15) is 0 Å². The zero-order valence-corrected chi connectivity index (χ0v) is 9.38. The Balaban J connectivity index is 2.43. The predicted octanol–water partition coefficient (Wildman–Crippen LogP) is 3.06. The van der Waals surface area contributed by atoms with Crippen LogP contribution in [0.2, 0.25) is 0 Å². The van der Waals surface area contributed by atoms with E-state index in [0.29, 0.717) is 5.41 Å². The lowest BCUT2D eigenvalue weighted by Gasteiger charge is -2.49. The Labute approximate surface area is 86.5 Å². The summed E-state index contributed by atoms with van der Waals surface area (Å²) in [7, 11) is 0. The number of hydrogen-bond acceptors (Lipinski definition) is 1. The second kappa shape index (κ2) is 2.96. The topological polar surface area (TPSA) is 20.2 Å². The third-order valence-electron chi connectivity index (χ3n) is 4.11. The molecule has 0 aromatic rings. The second-order valence-electron chi connectivity index (χ2n) is 5.55. The van der Waals surface area contributed by atoms with Crippen molar-refractivity contribution in [3.63, 3.8) is 0 Å². The van der Waals surface area contributed by atoms with Crippen LogP contribution in [-0.2, 0) is 0 Å². The summed E-state index contributed by atoms with van der Waals surface area (Å²) in [6.45, 7) is 6.66. The quantitative estimate of drug-likeness (QED) is 0.625. The molecule has 2 aliphatic rings. The van der Waals surface area contributed by atoms with Gasteiger partial charge in [0.05, 0.1) is 6.10 Å². The van der Waals surface area contributed by atoms with Crippen LogP contribution in [-0.4, -0.2) is 11.2 Å². The number of aliphatic hydroxyl groups is 1. The molecule has 2 unspecified atom stereocenters. The van der Waals surface area contributed by atoms with Crippen LogP contribution in [0.15, 0.2) is 23.8 Å². The molecule has 1 saturated carbocycles. The number of aliphatic hydroxyl groups excluding tert-OH is 1. The molecule has 0 bridgehead atoms. The molecule has 0 saturated heterocycles. The molecule has 2 rings (SSSR count). The minimum absolute atomic E-state index is 0.0439. The molecule has 0 spiro atoms. The number of fused-ring (bicyclic) bond motifs is 1. The number of hydrogen-bond donors (Lipinski definition) is 1. The smallest absolute Gasteiger partial charge is 0.0628 e. The van der Waals surface area contributed by atoms with Crippen molar-refractivity contribution in [3.05, 3.63) is 23.8 Å². The first-order chi connectivity index (χ1) is 6.47. The fourth-order valence-electron chi connectivity index (χ4n) is 3.03. The van der Waals surface area contributed by atoms with E-state index >= 15 is 0 Å². The van der Waals surface area contributed by atoms with E-state index in [-0.39, 0.29) is 11.5 Å². The van der Waals surface area contributed by atoms with E-state index < -0.39 is 0 Å². The maximum Gasteiger partial charge on any atom is 0.0628 e. The van der Waals surface area contributed by atoms with E-state index in [4.69, 9.17) is 0 Å². The van der Waals surface area contributed by atoms with E-state index in [1.807, 2.05) is 0 Å². The summed E-state index contributed by atoms with van der Waals surface area (Å²) in [4.78, 5) is 0. The van der Waals surface area contributed by atoms with Gasteiger partial charge in [0.15, 0.2) is 0 Å². The molecular weight excluding hydrogens is 172 g/mol. The van der Waals surface area contributed by atoms with Crippen LogP contribution in [0, 0.1) is 10.8 Å². The summed E-state index contributed by atoms with van der Waals surface area (Å²) < 4.78 is 0. The molecule has 1 heteroatoms. The van der Waals surface area contributed by atoms with Crippen LogP contribution in [0.25, 0.3) is 0 Å². The van der Waals surface area contributed by atoms with Crippen molar-refractivity contribution in [3.8, 4) is 0 Å². The van der Waals surface area contributed by atoms with E-state index in [0.717, 1.165) is 19.3 Å². The molecule has 78 valence electrons. The van der Waals surface area contributed by atoms with Gasteiger partial charge in [-0.05, 0) is 24.7 Å². The van der Waals surface area contributed by atoms with Gasteiger partial charge in [-0.2, -0.15) is 0 Å². The standard InChI is InChI=1S/C13H20O/c1-12(2)10-6-4-5-8-13(10,3)9-7-11(12)14/h4-6,11,14H,7-9H2,1-3H3. The van der Waals surface area contributed by atoms with Gasteiger partial charge in [-0.15, -0.1) is 0 Å². The lowest BCUT2D eigenvalue weighted by molar-refractivity contribution is 0.0137. The van der Waals surface area contributed by atoms with Crippen LogP contribution in [0.4, 0.5) is 0 Å². The van der Waals surface area contributed by atoms with Crippen molar-refractivity contribution in [2.75, 3.05) is 0 Å². The normalized spacial score (nSPS) is 40.3. The molecule has 1 N–H and O–H groups in total. The highest BCUT2D eigenvalue weighted by atomic mass is 16.3. The van der Waals surface area contributed by atoms with E-state index in [1.165, 1.54) is 5.57 Å². The largest absolute Gasteiger partial charge is 0.392 e. The van der Waals surface area contributed by atoms with Crippen LogP contribution in [0.3, 0.4) is 0 Å².